The number of carboxylic acids is 1. The highest BCUT2D eigenvalue weighted by molar-refractivity contribution is 6.19. The Morgan fingerprint density at radius 1 is 1.15 bits per heavy atom. The Balaban J connectivity index is 1.65. The van der Waals surface area contributed by atoms with E-state index in [0.717, 1.165) is 12.1 Å². The molecule has 12 heteroatoms. The second-order valence-corrected chi connectivity index (χ2v) is 7.14. The normalized spacial score (nSPS) is 16.5. The minimum absolute atomic E-state index is 0.0469. The summed E-state index contributed by atoms with van der Waals surface area (Å²) in [5.41, 5.74) is 1.62. The second kappa shape index (κ2) is 9.67. The summed E-state index contributed by atoms with van der Waals surface area (Å²) in [7, 11) is 0. The molecule has 1 aromatic heterocycles. The van der Waals surface area contributed by atoms with Crippen LogP contribution in [0.1, 0.15) is 12.0 Å². The molecule has 33 heavy (non-hydrogen) atoms. The number of hydrogen-bond acceptors (Lipinski definition) is 6. The Morgan fingerprint density at radius 2 is 1.85 bits per heavy atom. The molecular weight excluding hydrogens is 447 g/mol. The summed E-state index contributed by atoms with van der Waals surface area (Å²) in [5, 5.41) is 10.7. The Bertz CT molecular complexity index is 1050. The van der Waals surface area contributed by atoms with Gasteiger partial charge in [0.1, 0.15) is 12.3 Å². The Hall–Kier alpha value is -3.96. The topological polar surface area (TPSA) is 126 Å². The van der Waals surface area contributed by atoms with Crippen LogP contribution in [-0.4, -0.2) is 58.0 Å². The Labute approximate surface area is 185 Å². The predicted octanol–water partition coefficient (Wildman–Crippen LogP) is 1.77. The Kier molecular flexibility index (Phi) is 6.95. The van der Waals surface area contributed by atoms with E-state index < -0.39 is 42.4 Å². The number of pyridine rings is 1. The molecule has 2 amide bonds. The van der Waals surface area contributed by atoms with Gasteiger partial charge in [0.15, 0.2) is 11.7 Å². The average Bonchev–Trinajstić information content (AvgIpc) is 2.74. The number of piperidine rings is 1. The van der Waals surface area contributed by atoms with Gasteiger partial charge in [0.2, 0.25) is 11.8 Å². The van der Waals surface area contributed by atoms with Crippen LogP contribution in [0.25, 0.3) is 11.3 Å². The summed E-state index contributed by atoms with van der Waals surface area (Å²) in [6, 6.07) is 8.44. The van der Waals surface area contributed by atoms with Gasteiger partial charge in [0.05, 0.1) is 5.69 Å². The van der Waals surface area contributed by atoms with Gasteiger partial charge >= 0.3 is 12.3 Å². The van der Waals surface area contributed by atoms with Gasteiger partial charge in [0.25, 0.3) is 0 Å². The fourth-order valence-electron chi connectivity index (χ4n) is 3.24. The number of halogens is 3. The lowest BCUT2D eigenvalue weighted by atomic mass is 9.94. The van der Waals surface area contributed by atoms with E-state index in [4.69, 9.17) is 5.11 Å². The highest BCUT2D eigenvalue weighted by Crippen LogP contribution is 2.26. The standard InChI is InChI=1S/C21H18F3N3O6/c22-21(23,24)33-14-4-2-13(3-5-14)15-6-1-12(9-25-15)11-27-8-7-16(28)18(20(27)32)19(31)26-10-17(29)30/h1-6,9,18H,7-8,10-11H2,(H,26,31)(H,29,30). The van der Waals surface area contributed by atoms with E-state index in [1.807, 2.05) is 5.32 Å². The van der Waals surface area contributed by atoms with Gasteiger partial charge in [-0.2, -0.15) is 0 Å². The summed E-state index contributed by atoms with van der Waals surface area (Å²) in [6.45, 7) is -0.534. The van der Waals surface area contributed by atoms with Crippen LogP contribution in [0.3, 0.4) is 0 Å². The van der Waals surface area contributed by atoms with E-state index in [2.05, 4.69) is 9.72 Å². The minimum atomic E-state index is -4.78. The fraction of sp³-hybridized carbons (Fsp3) is 0.286. The molecule has 0 bridgehead atoms. The van der Waals surface area contributed by atoms with E-state index in [9.17, 15) is 32.3 Å². The van der Waals surface area contributed by atoms with Gasteiger partial charge in [-0.3, -0.25) is 24.2 Å². The number of aromatic nitrogens is 1. The molecule has 1 aliphatic heterocycles. The first kappa shape index (κ1) is 23.7. The summed E-state index contributed by atoms with van der Waals surface area (Å²) in [5.74, 6) is -5.51. The van der Waals surface area contributed by atoms with Crippen molar-refractivity contribution in [3.05, 3.63) is 48.2 Å². The zero-order chi connectivity index (χ0) is 24.2. The van der Waals surface area contributed by atoms with Crippen molar-refractivity contribution < 1.29 is 42.2 Å². The molecule has 1 aromatic carbocycles. The molecule has 2 N–H and O–H groups in total. The number of hydrogen-bond donors (Lipinski definition) is 2. The lowest BCUT2D eigenvalue weighted by Crippen LogP contribution is -2.52. The number of rotatable bonds is 7. The van der Waals surface area contributed by atoms with Gasteiger partial charge in [-0.05, 0) is 35.9 Å². The maximum absolute atomic E-state index is 12.6. The van der Waals surface area contributed by atoms with Gasteiger partial charge in [-0.25, -0.2) is 0 Å². The number of ether oxygens (including phenoxy) is 1. The first-order chi connectivity index (χ1) is 15.5. The lowest BCUT2D eigenvalue weighted by molar-refractivity contribution is -0.274. The SMILES string of the molecule is O=C(O)CNC(=O)C1C(=O)CCN(Cc2ccc(-c3ccc(OC(F)(F)F)cc3)nc2)C1=O. The van der Waals surface area contributed by atoms with E-state index in [0.29, 0.717) is 16.8 Å². The number of aliphatic carboxylic acids is 1. The maximum atomic E-state index is 12.6. The summed E-state index contributed by atoms with van der Waals surface area (Å²) >= 11 is 0. The molecule has 174 valence electrons. The van der Waals surface area contributed by atoms with E-state index >= 15 is 0 Å². The number of nitrogens with one attached hydrogen (secondary N) is 1. The van der Waals surface area contributed by atoms with Crippen molar-refractivity contribution in [3.63, 3.8) is 0 Å². The van der Waals surface area contributed by atoms with Crippen molar-refractivity contribution in [2.24, 2.45) is 5.92 Å². The number of benzene rings is 1. The number of nitrogens with zero attached hydrogens (tertiary/aromatic N) is 2. The van der Waals surface area contributed by atoms with Crippen LogP contribution in [0.2, 0.25) is 0 Å². The van der Waals surface area contributed by atoms with E-state index in [-0.39, 0.29) is 25.3 Å². The molecule has 0 spiro atoms. The second-order valence-electron chi connectivity index (χ2n) is 7.14. The monoisotopic (exact) mass is 465 g/mol. The average molecular weight is 465 g/mol. The van der Waals surface area contributed by atoms with Crippen molar-refractivity contribution in [1.29, 1.82) is 0 Å². The molecule has 1 saturated heterocycles. The van der Waals surface area contributed by atoms with Crippen molar-refractivity contribution >= 4 is 23.6 Å². The zero-order valence-electron chi connectivity index (χ0n) is 17.0. The number of Topliss-reactive ketones (excluding diaryl/α,β-unsaturated/α-hetero) is 1. The smallest absolute Gasteiger partial charge is 0.480 e. The molecule has 0 radical (unpaired) electrons. The highest BCUT2D eigenvalue weighted by Gasteiger charge is 2.40. The number of amides is 2. The Morgan fingerprint density at radius 3 is 2.42 bits per heavy atom. The molecule has 1 aliphatic rings. The van der Waals surface area contributed by atoms with Gasteiger partial charge in [0, 0.05) is 31.3 Å². The molecule has 0 saturated carbocycles. The molecule has 2 heterocycles. The number of carbonyl (C=O) groups is 4. The van der Waals surface area contributed by atoms with Crippen molar-refractivity contribution in [1.82, 2.24) is 15.2 Å². The van der Waals surface area contributed by atoms with Crippen LogP contribution in [0.4, 0.5) is 13.2 Å². The summed E-state index contributed by atoms with van der Waals surface area (Å²) in [6.07, 6.45) is -3.36. The first-order valence-corrected chi connectivity index (χ1v) is 9.65. The van der Waals surface area contributed by atoms with Crippen LogP contribution in [0, 0.1) is 5.92 Å². The van der Waals surface area contributed by atoms with E-state index in [1.165, 1.54) is 23.2 Å². The van der Waals surface area contributed by atoms with Crippen LogP contribution >= 0.6 is 0 Å². The van der Waals surface area contributed by atoms with Gasteiger partial charge in [-0.15, -0.1) is 13.2 Å². The molecule has 1 fully saturated rings. The first-order valence-electron chi connectivity index (χ1n) is 9.65. The van der Waals surface area contributed by atoms with Crippen molar-refractivity contribution in [2.75, 3.05) is 13.1 Å². The fourth-order valence-corrected chi connectivity index (χ4v) is 3.24. The van der Waals surface area contributed by atoms with Crippen LogP contribution in [-0.2, 0) is 25.7 Å². The van der Waals surface area contributed by atoms with Crippen molar-refractivity contribution in [3.8, 4) is 17.0 Å². The van der Waals surface area contributed by atoms with Crippen LogP contribution in [0.15, 0.2) is 42.6 Å². The molecule has 3 rings (SSSR count). The molecule has 2 aromatic rings. The summed E-state index contributed by atoms with van der Waals surface area (Å²) in [4.78, 5) is 52.9. The zero-order valence-corrected chi connectivity index (χ0v) is 17.0. The molecular formula is C21H18F3N3O6. The number of carboxylic acid groups (broad SMARTS) is 1. The lowest BCUT2D eigenvalue weighted by Gasteiger charge is -2.30. The molecule has 9 nitrogen and oxygen atoms in total. The number of alkyl halides is 3. The van der Waals surface area contributed by atoms with E-state index in [1.54, 1.807) is 12.1 Å². The van der Waals surface area contributed by atoms with Crippen molar-refractivity contribution in [2.45, 2.75) is 19.3 Å². The summed E-state index contributed by atoms with van der Waals surface area (Å²) < 4.78 is 40.6. The van der Waals surface area contributed by atoms with Gasteiger partial charge < -0.3 is 20.1 Å². The molecule has 0 aliphatic carbocycles. The third-order valence-electron chi connectivity index (χ3n) is 4.77. The number of ketones is 1. The number of carbonyl (C=O) groups excluding carboxylic acids is 3. The van der Waals surface area contributed by atoms with Crippen LogP contribution < -0.4 is 10.1 Å². The van der Waals surface area contributed by atoms with Gasteiger partial charge in [-0.1, -0.05) is 6.07 Å². The maximum Gasteiger partial charge on any atom is 0.573 e. The van der Waals surface area contributed by atoms with Crippen LogP contribution in [0.5, 0.6) is 5.75 Å². The number of likely N-dealkylation sites (tertiary alicyclic amines) is 1. The highest BCUT2D eigenvalue weighted by atomic mass is 19.4. The third kappa shape index (κ3) is 6.28. The molecule has 1 atom stereocenters. The molecule has 1 unspecified atom stereocenters. The quantitative estimate of drug-likeness (QED) is 0.597. The predicted molar refractivity (Wildman–Crippen MR) is 106 cm³/mol. The third-order valence-corrected chi connectivity index (χ3v) is 4.77. The minimum Gasteiger partial charge on any atom is -0.480 e. The largest absolute Gasteiger partial charge is 0.573 e.